The minimum absolute atomic E-state index is 0. The van der Waals surface area contributed by atoms with Gasteiger partial charge in [0.05, 0.1) is 5.41 Å². The monoisotopic (exact) mass is 1360 g/mol. The molecule has 0 saturated carbocycles. The molecule has 0 radical (unpaired) electrons. The number of nitrogens with zero attached hydrogens (tertiary/aromatic N) is 4. The van der Waals surface area contributed by atoms with E-state index in [2.05, 4.69) is 305 Å². The van der Waals surface area contributed by atoms with Crippen LogP contribution in [-0.2, 0) is 16.2 Å². The van der Waals surface area contributed by atoms with E-state index in [1.807, 2.05) is 24.3 Å². The van der Waals surface area contributed by atoms with E-state index in [0.717, 1.165) is 56.4 Å². The summed E-state index contributed by atoms with van der Waals surface area (Å²) in [5.74, 6) is 1.77. The second kappa shape index (κ2) is 21.5. The van der Waals surface area contributed by atoms with Gasteiger partial charge in [-0.2, -0.15) is 17.5 Å². The Morgan fingerprint density at radius 3 is 1.43 bits per heavy atom. The van der Waals surface area contributed by atoms with Crippen molar-refractivity contribution in [3.63, 3.8) is 0 Å². The van der Waals surface area contributed by atoms with Crippen molar-refractivity contribution in [1.82, 2.24) is 4.98 Å². The summed E-state index contributed by atoms with van der Waals surface area (Å²) in [6, 6.07) is 93.8. The van der Waals surface area contributed by atoms with Gasteiger partial charge in [-0.15, -0.1) is 25.1 Å². The predicted molar refractivity (Wildman–Crippen MR) is 359 cm³/mol. The fraction of sp³-hybridized carbons (Fsp3) is 0.110. The number of allylic oxidation sites excluding steroid dienone is 2. The Morgan fingerprint density at radius 1 is 0.432 bits per heavy atom. The standard InChI is InChI=1S/C82H62N4O.U/c1-53-22-12-17-35-76(53)83-52-54-23-20-29-58(46-54)85(60-38-42-66-64-31-13-15-33-70(64)80(2,3)72(66)48-60)62-40-44-68-69-45-41-63(51-75(69)82(74(68)50-62,56-25-8-6-9-26-56)57-27-10-7-11-28-57)86(59-30-21-24-55(47-59)79-84-77-36-18-19-37-78(77)87-79)61-39-43-67-65-32-14-16-34-71(65)81(4,5)73(67)49-61;/h6-51,76H,1-5H3;/q-2;+2. The minimum atomic E-state index is -0.766. The molecule has 0 fully saturated rings. The van der Waals surface area contributed by atoms with Crippen LogP contribution in [0.3, 0.4) is 0 Å². The summed E-state index contributed by atoms with van der Waals surface area (Å²) in [5, 5.41) is 0. The van der Waals surface area contributed by atoms with Crippen LogP contribution >= 0.6 is 0 Å². The van der Waals surface area contributed by atoms with Crippen molar-refractivity contribution in [2.75, 3.05) is 9.80 Å². The molecule has 5 nitrogen and oxygen atoms in total. The zero-order valence-electron chi connectivity index (χ0n) is 49.8. The second-order valence-electron chi connectivity index (χ2n) is 24.7. The Labute approximate surface area is 539 Å². The van der Waals surface area contributed by atoms with Crippen molar-refractivity contribution in [1.29, 1.82) is 0 Å². The van der Waals surface area contributed by atoms with Gasteiger partial charge in [0.25, 0.3) is 0 Å². The third kappa shape index (κ3) is 8.75. The molecule has 0 bridgehead atoms. The van der Waals surface area contributed by atoms with Crippen LogP contribution in [0, 0.1) is 37.0 Å². The van der Waals surface area contributed by atoms with Crippen LogP contribution in [-0.4, -0.2) is 17.2 Å². The van der Waals surface area contributed by atoms with Gasteiger partial charge in [-0.3, -0.25) is 0 Å². The molecule has 11 aromatic carbocycles. The van der Waals surface area contributed by atoms with E-state index in [-0.39, 0.29) is 48.0 Å². The normalized spacial score (nSPS) is 15.7. The van der Waals surface area contributed by atoms with Crippen LogP contribution in [0.4, 0.5) is 34.1 Å². The Balaban J connectivity index is 0.00000650. The maximum absolute atomic E-state index is 6.47. The number of anilines is 6. The molecule has 88 heavy (non-hydrogen) atoms. The summed E-state index contributed by atoms with van der Waals surface area (Å²) in [5.41, 5.74) is 26.0. The summed E-state index contributed by atoms with van der Waals surface area (Å²) in [6.45, 7) is 11.6. The first kappa shape index (κ1) is 55.2. The molecule has 1 aromatic heterocycles. The zero-order valence-corrected chi connectivity index (χ0v) is 54.0. The van der Waals surface area contributed by atoms with Crippen molar-refractivity contribution in [2.24, 2.45) is 4.99 Å². The molecule has 0 N–H and O–H groups in total. The van der Waals surface area contributed by atoms with Crippen molar-refractivity contribution in [3.05, 3.63) is 335 Å². The number of hydrogen-bond donors (Lipinski definition) is 0. The Hall–Kier alpha value is -9.44. The molecular formula is C82H62N4OU. The van der Waals surface area contributed by atoms with E-state index < -0.39 is 5.41 Å². The molecule has 16 rings (SSSR count). The molecule has 1 unspecified atom stereocenters. The Morgan fingerprint density at radius 2 is 0.886 bits per heavy atom. The summed E-state index contributed by atoms with van der Waals surface area (Å²) in [4.78, 5) is 14.9. The molecule has 1 atom stereocenters. The van der Waals surface area contributed by atoms with E-state index >= 15 is 0 Å². The molecule has 0 amide bonds. The van der Waals surface area contributed by atoms with Crippen LogP contribution < -0.4 is 9.80 Å². The fourth-order valence-corrected chi connectivity index (χ4v) is 14.7. The minimum Gasteiger partial charge on any atom is -0.436 e. The number of aromatic nitrogens is 1. The molecule has 4 aliphatic carbocycles. The maximum atomic E-state index is 6.47. The second-order valence-corrected chi connectivity index (χ2v) is 24.7. The van der Waals surface area contributed by atoms with E-state index in [9.17, 15) is 0 Å². The molecule has 4 aliphatic rings. The number of para-hydroxylation sites is 2. The average Bonchev–Trinajstić information content (AvgIpc) is 1.54. The SMILES string of the molecule is C[C-]1C=CC=CC1N=[C-]c1cccc(N(c2ccc3c(c2)C(C)(C)c2ccccc2-3)c2ccc3c(c2)C(c2ccccc2)(c2ccccc2)c2cc(N(c4cccc(-c5nc6ccccc6o5)c4)c4ccc5c(c4)C(C)(C)c4ccccc4-5)ccc2-3)c1.[U+2]. The molecule has 12 aromatic rings. The van der Waals surface area contributed by atoms with Gasteiger partial charge < -0.3 is 19.2 Å². The number of benzene rings is 11. The Bertz CT molecular complexity index is 4750. The number of fused-ring (bicyclic) bond motifs is 10. The van der Waals surface area contributed by atoms with Crippen molar-refractivity contribution < 1.29 is 35.5 Å². The molecule has 420 valence electrons. The van der Waals surface area contributed by atoms with Gasteiger partial charge in [-0.1, -0.05) is 198 Å². The first-order valence-electron chi connectivity index (χ1n) is 30.2. The molecular weight excluding hydrogens is 1290 g/mol. The average molecular weight is 1360 g/mol. The molecule has 0 aliphatic heterocycles. The van der Waals surface area contributed by atoms with Gasteiger partial charge in [0.2, 0.25) is 5.89 Å². The van der Waals surface area contributed by atoms with Gasteiger partial charge in [0, 0.05) is 50.9 Å². The van der Waals surface area contributed by atoms with Crippen molar-refractivity contribution >= 4 is 51.4 Å². The van der Waals surface area contributed by atoms with Gasteiger partial charge >= 0.3 is 31.1 Å². The first-order valence-corrected chi connectivity index (χ1v) is 30.2. The van der Waals surface area contributed by atoms with Crippen LogP contribution in [0.1, 0.15) is 84.7 Å². The fourth-order valence-electron chi connectivity index (χ4n) is 14.7. The van der Waals surface area contributed by atoms with E-state index in [4.69, 9.17) is 14.4 Å². The van der Waals surface area contributed by atoms with Gasteiger partial charge in [-0.25, -0.2) is 17.1 Å². The first-order chi connectivity index (χ1) is 42.5. The third-order valence-corrected chi connectivity index (χ3v) is 19.0. The Kier molecular flexibility index (Phi) is 13.5. The number of oxazole rings is 1. The van der Waals surface area contributed by atoms with Crippen LogP contribution in [0.5, 0.6) is 0 Å². The smallest absolute Gasteiger partial charge is 0.436 e. The van der Waals surface area contributed by atoms with Gasteiger partial charge in [0.15, 0.2) is 5.58 Å². The van der Waals surface area contributed by atoms with E-state index in [1.54, 1.807) is 0 Å². The predicted octanol–water partition coefficient (Wildman–Crippen LogP) is 20.8. The van der Waals surface area contributed by atoms with Crippen LogP contribution in [0.2, 0.25) is 0 Å². The number of rotatable bonds is 11. The summed E-state index contributed by atoms with van der Waals surface area (Å²) < 4.78 is 6.47. The third-order valence-electron chi connectivity index (χ3n) is 19.0. The topological polar surface area (TPSA) is 44.9 Å². The maximum Gasteiger partial charge on any atom is 2.00 e. The number of hydrogen-bond acceptors (Lipinski definition) is 5. The van der Waals surface area contributed by atoms with Gasteiger partial charge in [0.1, 0.15) is 5.52 Å². The molecule has 0 saturated heterocycles. The van der Waals surface area contributed by atoms with Crippen LogP contribution in [0.25, 0.3) is 55.9 Å². The summed E-state index contributed by atoms with van der Waals surface area (Å²) in [6.07, 6.45) is 11.9. The van der Waals surface area contributed by atoms with Crippen molar-refractivity contribution in [2.45, 2.75) is 56.9 Å². The summed E-state index contributed by atoms with van der Waals surface area (Å²) in [7, 11) is 0. The zero-order chi connectivity index (χ0) is 58.6. The molecule has 1 heterocycles. The quantitative estimate of drug-likeness (QED) is 0.0956. The van der Waals surface area contributed by atoms with Gasteiger partial charge in [-0.05, 0) is 162 Å². The largest absolute Gasteiger partial charge is 2.00 e. The molecule has 6 heteroatoms. The van der Waals surface area contributed by atoms with E-state index in [1.165, 1.54) is 83.8 Å². The van der Waals surface area contributed by atoms with Crippen molar-refractivity contribution in [3.8, 4) is 44.8 Å². The molecule has 0 spiro atoms. The van der Waals surface area contributed by atoms with E-state index in [0.29, 0.717) is 5.89 Å². The summed E-state index contributed by atoms with van der Waals surface area (Å²) >= 11 is 0. The number of aliphatic imine (C=N–C) groups is 1. The van der Waals surface area contributed by atoms with Crippen LogP contribution in [0.15, 0.2) is 289 Å².